The second-order valence-electron chi connectivity index (χ2n) is 12.7. The van der Waals surface area contributed by atoms with Crippen LogP contribution < -0.4 is 39.6 Å². The Bertz CT molecular complexity index is 2050. The SMILES string of the molecule is CC(=O)Cc1cn(-c2cccnc2)nc1Cl.CC(C)(C)[O-].CCCc1cn(-c2cccnc2)nc1Cl.CCN(C(C)=O)c1cn(-c2cccnc2)nc1Cl.[Na+]. The van der Waals surface area contributed by atoms with Gasteiger partial charge < -0.3 is 10.0 Å². The maximum atomic E-state index is 11.5. The summed E-state index contributed by atoms with van der Waals surface area (Å²) in [5.74, 6) is -0.00206. The summed E-state index contributed by atoms with van der Waals surface area (Å²) < 4.78 is 4.99. The van der Waals surface area contributed by atoms with Crippen molar-refractivity contribution in [3.8, 4) is 17.1 Å². The minimum Gasteiger partial charge on any atom is -0.850 e. The molecule has 55 heavy (non-hydrogen) atoms. The number of aryl methyl sites for hydroxylation is 1. The molecule has 6 aromatic heterocycles. The van der Waals surface area contributed by atoms with Crippen molar-refractivity contribution in [1.29, 1.82) is 0 Å². The molecule has 286 valence electrons. The number of hydrogen-bond acceptors (Lipinski definition) is 9. The number of carbonyl (C=O) groups is 2. The van der Waals surface area contributed by atoms with Crippen LogP contribution in [0.3, 0.4) is 0 Å². The normalized spacial score (nSPS) is 10.4. The molecule has 0 bridgehead atoms. The minimum absolute atomic E-state index is 0. The number of hydrogen-bond donors (Lipinski definition) is 0. The molecule has 0 aliphatic carbocycles. The van der Waals surface area contributed by atoms with E-state index in [1.165, 1.54) is 13.8 Å². The third kappa shape index (κ3) is 16.0. The molecule has 0 atom stereocenters. The maximum Gasteiger partial charge on any atom is 1.00 e. The molecular formula is C38H44Cl3N10NaO3. The van der Waals surface area contributed by atoms with Crippen LogP contribution in [0, 0.1) is 0 Å². The van der Waals surface area contributed by atoms with Gasteiger partial charge in [-0.3, -0.25) is 24.5 Å². The molecule has 0 spiro atoms. The number of pyridine rings is 3. The number of aromatic nitrogens is 9. The number of halogens is 3. The fourth-order valence-corrected chi connectivity index (χ4v) is 5.21. The Labute approximate surface area is 359 Å². The monoisotopic (exact) mass is 816 g/mol. The van der Waals surface area contributed by atoms with E-state index in [4.69, 9.17) is 34.8 Å². The van der Waals surface area contributed by atoms with Crippen molar-refractivity contribution in [3.63, 3.8) is 0 Å². The van der Waals surface area contributed by atoms with Crippen LogP contribution in [0.4, 0.5) is 5.69 Å². The van der Waals surface area contributed by atoms with Gasteiger partial charge in [0.2, 0.25) is 5.91 Å². The van der Waals surface area contributed by atoms with Crippen LogP contribution in [0.1, 0.15) is 66.0 Å². The van der Waals surface area contributed by atoms with E-state index >= 15 is 0 Å². The zero-order valence-corrected chi connectivity index (χ0v) is 36.6. The van der Waals surface area contributed by atoms with E-state index in [9.17, 15) is 14.7 Å². The molecule has 0 aromatic carbocycles. The number of amides is 1. The summed E-state index contributed by atoms with van der Waals surface area (Å²) in [6, 6.07) is 11.2. The van der Waals surface area contributed by atoms with Gasteiger partial charge in [0.1, 0.15) is 11.5 Å². The van der Waals surface area contributed by atoms with Crippen molar-refractivity contribution in [1.82, 2.24) is 44.3 Å². The molecule has 0 aliphatic rings. The largest absolute Gasteiger partial charge is 1.00 e. The van der Waals surface area contributed by atoms with E-state index in [2.05, 4.69) is 37.2 Å². The molecule has 17 heteroatoms. The molecular weight excluding hydrogens is 774 g/mol. The van der Waals surface area contributed by atoms with Crippen LogP contribution in [-0.2, 0) is 22.4 Å². The predicted molar refractivity (Wildman–Crippen MR) is 211 cm³/mol. The van der Waals surface area contributed by atoms with Crippen LogP contribution in [-0.4, -0.2) is 68.1 Å². The van der Waals surface area contributed by atoms with E-state index < -0.39 is 5.60 Å². The van der Waals surface area contributed by atoms with Crippen molar-refractivity contribution in [2.45, 2.75) is 73.3 Å². The summed E-state index contributed by atoms with van der Waals surface area (Å²) in [6.45, 7) is 12.5. The fourth-order valence-electron chi connectivity index (χ4n) is 4.55. The third-order valence-electron chi connectivity index (χ3n) is 6.81. The van der Waals surface area contributed by atoms with Gasteiger partial charge >= 0.3 is 29.6 Å². The molecule has 13 nitrogen and oxygen atoms in total. The van der Waals surface area contributed by atoms with Crippen LogP contribution in [0.2, 0.25) is 15.5 Å². The molecule has 6 aromatic rings. The Morgan fingerprint density at radius 1 is 0.709 bits per heavy atom. The van der Waals surface area contributed by atoms with Gasteiger partial charge in [-0.15, -0.1) is 5.60 Å². The summed E-state index contributed by atoms with van der Waals surface area (Å²) in [4.78, 5) is 36.1. The molecule has 6 rings (SSSR count). The van der Waals surface area contributed by atoms with Gasteiger partial charge in [-0.05, 0) is 56.7 Å². The Kier molecular flexibility index (Phi) is 19.9. The van der Waals surface area contributed by atoms with Gasteiger partial charge in [-0.25, -0.2) is 14.0 Å². The van der Waals surface area contributed by atoms with Crippen molar-refractivity contribution in [2.24, 2.45) is 0 Å². The van der Waals surface area contributed by atoms with E-state index in [0.29, 0.717) is 34.1 Å². The number of nitrogens with zero attached hydrogens (tertiary/aromatic N) is 10. The first kappa shape index (κ1) is 47.2. The Morgan fingerprint density at radius 2 is 1.11 bits per heavy atom. The molecule has 0 radical (unpaired) electrons. The van der Waals surface area contributed by atoms with E-state index in [1.54, 1.807) is 89.3 Å². The molecule has 1 amide bonds. The first-order chi connectivity index (χ1) is 25.6. The average Bonchev–Trinajstić information content (AvgIpc) is 3.82. The van der Waals surface area contributed by atoms with Crippen molar-refractivity contribution in [3.05, 3.63) is 119 Å². The molecule has 0 saturated heterocycles. The van der Waals surface area contributed by atoms with Crippen molar-refractivity contribution in [2.75, 3.05) is 11.4 Å². The van der Waals surface area contributed by atoms with E-state index in [1.807, 2.05) is 49.5 Å². The second kappa shape index (κ2) is 23.2. The van der Waals surface area contributed by atoms with Gasteiger partial charge in [-0.1, -0.05) is 68.9 Å². The van der Waals surface area contributed by atoms with Gasteiger partial charge in [0.25, 0.3) is 0 Å². The molecule has 6 heterocycles. The zero-order chi connectivity index (χ0) is 39.8. The smallest absolute Gasteiger partial charge is 0.850 e. The number of rotatable bonds is 9. The van der Waals surface area contributed by atoms with E-state index in [0.717, 1.165) is 41.0 Å². The summed E-state index contributed by atoms with van der Waals surface area (Å²) in [5, 5.41) is 23.9. The molecule has 0 unspecified atom stereocenters. The summed E-state index contributed by atoms with van der Waals surface area (Å²) in [5.41, 5.74) is 4.22. The standard InChI is InChI=1S/C12H13ClN4O.C11H10ClN3O.C11H12ClN3.C4H9O.Na/c1-3-16(9(2)18)11-8-17(15-12(11)13)10-5-4-6-14-7-10;1-8(16)5-9-7-15(14-11(9)12)10-3-2-4-13-6-10;1-2-4-9-8-15(14-11(9)12)10-5-3-6-13-7-10;1-4(2,3)5;/h4-8H,3H2,1-2H3;2-4,6-7H,5H2,1H3;3,5-8H,2,4H2,1H3;1-3H3;/q;;;-1;+1. The van der Waals surface area contributed by atoms with Gasteiger partial charge in [0.05, 0.1) is 41.8 Å². The van der Waals surface area contributed by atoms with E-state index in [-0.39, 0.29) is 41.2 Å². The molecule has 0 aliphatic heterocycles. The van der Waals surface area contributed by atoms with Gasteiger partial charge in [-0.2, -0.15) is 15.3 Å². The predicted octanol–water partition coefficient (Wildman–Crippen LogP) is 4.37. The molecule has 0 N–H and O–H groups in total. The van der Waals surface area contributed by atoms with Crippen molar-refractivity contribution >= 4 is 52.2 Å². The number of anilines is 1. The maximum absolute atomic E-state index is 11.5. The first-order valence-corrected chi connectivity index (χ1v) is 18.2. The number of Topliss-reactive ketones (excluding diaryl/α,β-unsaturated/α-hetero) is 1. The first-order valence-electron chi connectivity index (χ1n) is 17.0. The fraction of sp³-hybridized carbons (Fsp3) is 0.316. The zero-order valence-electron chi connectivity index (χ0n) is 32.3. The van der Waals surface area contributed by atoms with Crippen LogP contribution in [0.5, 0.6) is 0 Å². The van der Waals surface area contributed by atoms with Gasteiger partial charge in [0, 0.05) is 62.0 Å². The summed E-state index contributed by atoms with van der Waals surface area (Å²) in [7, 11) is 0. The topological polar surface area (TPSA) is 153 Å². The van der Waals surface area contributed by atoms with Gasteiger partial charge in [0.15, 0.2) is 15.5 Å². The minimum atomic E-state index is -0.750. The number of carbonyl (C=O) groups excluding carboxylic acids is 2. The van der Waals surface area contributed by atoms with Crippen molar-refractivity contribution < 1.29 is 44.3 Å². The van der Waals surface area contributed by atoms with Crippen LogP contribution in [0.25, 0.3) is 17.1 Å². The summed E-state index contributed by atoms with van der Waals surface area (Å²) >= 11 is 18.0. The molecule has 0 fully saturated rings. The van der Waals surface area contributed by atoms with Crippen LogP contribution >= 0.6 is 34.8 Å². The quantitative estimate of drug-likeness (QED) is 0.194. The second-order valence-corrected chi connectivity index (χ2v) is 13.7. The summed E-state index contributed by atoms with van der Waals surface area (Å²) in [6.07, 6.45) is 18.0. The Hall–Kier alpha value is -3.95. The Morgan fingerprint density at radius 3 is 1.47 bits per heavy atom. The average molecular weight is 818 g/mol. The molecule has 0 saturated carbocycles. The number of ketones is 1. The third-order valence-corrected chi connectivity index (χ3v) is 7.71. The van der Waals surface area contributed by atoms with Crippen LogP contribution in [0.15, 0.2) is 92.2 Å². The Balaban J connectivity index is 0.000000267.